The number of carboxylic acids is 1. The molecule has 0 amide bonds. The van der Waals surface area contributed by atoms with Gasteiger partial charge >= 0.3 is 5.97 Å². The molecule has 1 atom stereocenters. The summed E-state index contributed by atoms with van der Waals surface area (Å²) in [5.41, 5.74) is 5.63. The van der Waals surface area contributed by atoms with Gasteiger partial charge in [-0.2, -0.15) is 0 Å². The number of carboxylic acid groups (broad SMARTS) is 1. The SMILES string of the molecule is CC(N)Cc1ncc(CCC(=O)O)s1. The number of aliphatic carboxylic acids is 1. The molecule has 4 nitrogen and oxygen atoms in total. The van der Waals surface area contributed by atoms with Crippen molar-refractivity contribution in [2.75, 3.05) is 0 Å². The second kappa shape index (κ2) is 5.07. The van der Waals surface area contributed by atoms with Crippen LogP contribution in [0.5, 0.6) is 0 Å². The van der Waals surface area contributed by atoms with Gasteiger partial charge in [0.2, 0.25) is 0 Å². The van der Waals surface area contributed by atoms with Gasteiger partial charge in [-0.15, -0.1) is 11.3 Å². The van der Waals surface area contributed by atoms with Crippen LogP contribution >= 0.6 is 11.3 Å². The molecule has 0 saturated carbocycles. The van der Waals surface area contributed by atoms with Crippen molar-refractivity contribution in [2.24, 2.45) is 5.73 Å². The van der Waals surface area contributed by atoms with E-state index >= 15 is 0 Å². The molecule has 0 aliphatic carbocycles. The monoisotopic (exact) mass is 214 g/mol. The van der Waals surface area contributed by atoms with Crippen LogP contribution in [-0.4, -0.2) is 22.1 Å². The molecular weight excluding hydrogens is 200 g/mol. The van der Waals surface area contributed by atoms with Crippen LogP contribution < -0.4 is 5.73 Å². The molecule has 0 bridgehead atoms. The van der Waals surface area contributed by atoms with Crippen molar-refractivity contribution in [3.63, 3.8) is 0 Å². The van der Waals surface area contributed by atoms with Gasteiger partial charge in [0, 0.05) is 23.5 Å². The van der Waals surface area contributed by atoms with Crippen molar-refractivity contribution in [3.05, 3.63) is 16.1 Å². The van der Waals surface area contributed by atoms with Gasteiger partial charge in [-0.05, 0) is 13.3 Å². The van der Waals surface area contributed by atoms with Crippen molar-refractivity contribution in [1.82, 2.24) is 4.98 Å². The predicted molar refractivity (Wildman–Crippen MR) is 55.4 cm³/mol. The number of hydrogen-bond acceptors (Lipinski definition) is 4. The molecule has 0 aromatic carbocycles. The van der Waals surface area contributed by atoms with E-state index in [4.69, 9.17) is 10.8 Å². The Hall–Kier alpha value is -0.940. The molecule has 0 saturated heterocycles. The van der Waals surface area contributed by atoms with E-state index in [1.165, 1.54) is 0 Å². The van der Waals surface area contributed by atoms with Crippen LogP contribution in [0.4, 0.5) is 0 Å². The van der Waals surface area contributed by atoms with E-state index in [2.05, 4.69) is 4.98 Å². The maximum absolute atomic E-state index is 10.3. The first kappa shape index (κ1) is 11.1. The molecule has 1 unspecified atom stereocenters. The van der Waals surface area contributed by atoms with Crippen LogP contribution in [0, 0.1) is 0 Å². The molecule has 0 aliphatic heterocycles. The molecule has 1 heterocycles. The largest absolute Gasteiger partial charge is 0.481 e. The van der Waals surface area contributed by atoms with Crippen LogP contribution in [0.3, 0.4) is 0 Å². The van der Waals surface area contributed by atoms with Crippen molar-refractivity contribution in [2.45, 2.75) is 32.2 Å². The molecule has 14 heavy (non-hydrogen) atoms. The zero-order valence-corrected chi connectivity index (χ0v) is 8.88. The van der Waals surface area contributed by atoms with E-state index in [1.807, 2.05) is 6.92 Å². The van der Waals surface area contributed by atoms with Gasteiger partial charge in [0.05, 0.1) is 11.4 Å². The van der Waals surface area contributed by atoms with Crippen molar-refractivity contribution in [3.8, 4) is 0 Å². The lowest BCUT2D eigenvalue weighted by molar-refractivity contribution is -0.136. The van der Waals surface area contributed by atoms with Gasteiger partial charge in [-0.25, -0.2) is 4.98 Å². The summed E-state index contributed by atoms with van der Waals surface area (Å²) in [6, 6.07) is 0.105. The molecule has 1 aromatic heterocycles. The average Bonchev–Trinajstić information content (AvgIpc) is 2.47. The fourth-order valence-corrected chi connectivity index (χ4v) is 2.13. The molecule has 78 valence electrons. The standard InChI is InChI=1S/C9H14N2O2S/c1-6(10)4-8-11-5-7(14-8)2-3-9(12)13/h5-6H,2-4,10H2,1H3,(H,12,13). The summed E-state index contributed by atoms with van der Waals surface area (Å²) in [5, 5.41) is 9.48. The number of thiazole rings is 1. The minimum atomic E-state index is -0.771. The number of hydrogen-bond donors (Lipinski definition) is 2. The van der Waals surface area contributed by atoms with Gasteiger partial charge in [-0.1, -0.05) is 0 Å². The first-order chi connectivity index (χ1) is 6.58. The number of nitrogens with two attached hydrogens (primary N) is 1. The van der Waals surface area contributed by atoms with Gasteiger partial charge in [-0.3, -0.25) is 4.79 Å². The fourth-order valence-electron chi connectivity index (χ4n) is 1.06. The Labute approximate surface area is 86.8 Å². The molecule has 0 fully saturated rings. The van der Waals surface area contributed by atoms with Crippen LogP contribution in [-0.2, 0) is 17.6 Å². The third-order valence-corrected chi connectivity index (χ3v) is 2.76. The lowest BCUT2D eigenvalue weighted by Crippen LogP contribution is -2.17. The Morgan fingerprint density at radius 3 is 3.07 bits per heavy atom. The van der Waals surface area contributed by atoms with Crippen molar-refractivity contribution in [1.29, 1.82) is 0 Å². The Morgan fingerprint density at radius 2 is 2.50 bits per heavy atom. The van der Waals surface area contributed by atoms with Crippen LogP contribution in [0.25, 0.3) is 0 Å². The van der Waals surface area contributed by atoms with E-state index in [0.717, 1.165) is 16.3 Å². The summed E-state index contributed by atoms with van der Waals surface area (Å²) in [7, 11) is 0. The first-order valence-corrected chi connectivity index (χ1v) is 5.30. The Balaban J connectivity index is 2.46. The van der Waals surface area contributed by atoms with Crippen LogP contribution in [0.15, 0.2) is 6.20 Å². The highest BCUT2D eigenvalue weighted by atomic mass is 32.1. The summed E-state index contributed by atoms with van der Waals surface area (Å²) >= 11 is 1.55. The Bertz CT molecular complexity index is 310. The Morgan fingerprint density at radius 1 is 1.79 bits per heavy atom. The number of aromatic nitrogens is 1. The molecule has 3 N–H and O–H groups in total. The van der Waals surface area contributed by atoms with E-state index < -0.39 is 5.97 Å². The summed E-state index contributed by atoms with van der Waals surface area (Å²) < 4.78 is 0. The van der Waals surface area contributed by atoms with Crippen LogP contribution in [0.2, 0.25) is 0 Å². The number of nitrogens with zero attached hydrogens (tertiary/aromatic N) is 1. The van der Waals surface area contributed by atoms with E-state index in [0.29, 0.717) is 6.42 Å². The second-order valence-corrected chi connectivity index (χ2v) is 4.50. The minimum absolute atomic E-state index is 0.105. The molecular formula is C9H14N2O2S. The lowest BCUT2D eigenvalue weighted by Gasteiger charge is -1.98. The summed E-state index contributed by atoms with van der Waals surface area (Å²) in [5.74, 6) is -0.771. The quantitative estimate of drug-likeness (QED) is 0.768. The molecule has 1 aromatic rings. The summed E-state index contributed by atoms with van der Waals surface area (Å²) in [6.45, 7) is 1.93. The highest BCUT2D eigenvalue weighted by Gasteiger charge is 2.05. The van der Waals surface area contributed by atoms with Gasteiger partial charge in [0.1, 0.15) is 0 Å². The second-order valence-electron chi connectivity index (χ2n) is 3.30. The zero-order valence-electron chi connectivity index (χ0n) is 8.06. The topological polar surface area (TPSA) is 76.2 Å². The van der Waals surface area contributed by atoms with Gasteiger partial charge in [0.25, 0.3) is 0 Å². The van der Waals surface area contributed by atoms with Gasteiger partial charge in [0.15, 0.2) is 0 Å². The average molecular weight is 214 g/mol. The molecule has 0 radical (unpaired) electrons. The zero-order chi connectivity index (χ0) is 10.6. The number of carbonyl (C=O) groups is 1. The molecule has 1 rings (SSSR count). The highest BCUT2D eigenvalue weighted by Crippen LogP contribution is 2.15. The van der Waals surface area contributed by atoms with E-state index in [1.54, 1.807) is 17.5 Å². The molecule has 5 heteroatoms. The third-order valence-electron chi connectivity index (χ3n) is 1.68. The number of rotatable bonds is 5. The van der Waals surface area contributed by atoms with Crippen LogP contribution in [0.1, 0.15) is 23.2 Å². The predicted octanol–water partition coefficient (Wildman–Crippen LogP) is 1.05. The molecule has 0 aliphatic rings. The first-order valence-electron chi connectivity index (χ1n) is 4.49. The summed E-state index contributed by atoms with van der Waals surface area (Å²) in [4.78, 5) is 15.5. The summed E-state index contributed by atoms with van der Waals surface area (Å²) in [6.07, 6.45) is 3.23. The third kappa shape index (κ3) is 3.85. The normalized spacial score (nSPS) is 12.7. The van der Waals surface area contributed by atoms with Crippen molar-refractivity contribution < 1.29 is 9.90 Å². The molecule has 0 spiro atoms. The number of aryl methyl sites for hydroxylation is 1. The maximum Gasteiger partial charge on any atom is 0.303 e. The maximum atomic E-state index is 10.3. The van der Waals surface area contributed by atoms with E-state index in [-0.39, 0.29) is 12.5 Å². The highest BCUT2D eigenvalue weighted by molar-refractivity contribution is 7.11. The van der Waals surface area contributed by atoms with E-state index in [9.17, 15) is 4.79 Å². The smallest absolute Gasteiger partial charge is 0.303 e. The van der Waals surface area contributed by atoms with Crippen molar-refractivity contribution >= 4 is 17.3 Å². The Kier molecular flexibility index (Phi) is 4.03. The lowest BCUT2D eigenvalue weighted by atomic mass is 10.3. The minimum Gasteiger partial charge on any atom is -0.481 e. The van der Waals surface area contributed by atoms with Gasteiger partial charge < -0.3 is 10.8 Å². The fraction of sp³-hybridized carbons (Fsp3) is 0.556.